The van der Waals surface area contributed by atoms with E-state index < -0.39 is 127 Å². The van der Waals surface area contributed by atoms with E-state index >= 15 is 0 Å². The van der Waals surface area contributed by atoms with E-state index in [1.165, 1.54) is 19.2 Å². The van der Waals surface area contributed by atoms with Crippen molar-refractivity contribution in [3.8, 4) is 5.75 Å². The number of primary amides is 2. The average molecular weight is 1330 g/mol. The highest BCUT2D eigenvalue weighted by molar-refractivity contribution is 6.23. The van der Waals surface area contributed by atoms with Gasteiger partial charge in [-0.15, -0.1) is 0 Å². The quantitative estimate of drug-likeness (QED) is 0.0115. The molecular weight excluding hydrogens is 1240 g/mol. The van der Waals surface area contributed by atoms with E-state index in [9.17, 15) is 58.2 Å². The molecule has 0 radical (unpaired) electrons. The molecule has 8 rings (SSSR count). The molecule has 7 aromatic carbocycles. The molecule has 20 N–H and O–H groups in total. The molecule has 0 fully saturated rings. The van der Waals surface area contributed by atoms with E-state index in [2.05, 4.69) is 47.5 Å². The Morgan fingerprint density at radius 3 is 1.79 bits per heavy atom. The topological polar surface area (TPSA) is 454 Å². The van der Waals surface area contributed by atoms with Crippen molar-refractivity contribution in [1.29, 1.82) is 5.41 Å². The van der Waals surface area contributed by atoms with Crippen LogP contribution in [0.3, 0.4) is 0 Å². The number of aliphatic hydroxyl groups excluding tert-OH is 1. The van der Waals surface area contributed by atoms with E-state index in [0.29, 0.717) is 22.3 Å². The summed E-state index contributed by atoms with van der Waals surface area (Å²) in [5.74, 6) is -9.55. The van der Waals surface area contributed by atoms with Crippen molar-refractivity contribution in [2.24, 2.45) is 28.9 Å². The Balaban J connectivity index is 0.953. The van der Waals surface area contributed by atoms with Gasteiger partial charge in [0.25, 0.3) is 0 Å². The van der Waals surface area contributed by atoms with E-state index in [1.807, 2.05) is 78.9 Å². The Bertz CT molecular complexity index is 4150. The number of phenols is 1. The van der Waals surface area contributed by atoms with E-state index in [4.69, 9.17) is 28.3 Å². The van der Waals surface area contributed by atoms with Gasteiger partial charge in [0.15, 0.2) is 5.96 Å². The number of hydrogen-bond acceptors (Lipinski definition) is 14. The highest BCUT2D eigenvalue weighted by Crippen LogP contribution is 2.36. The number of para-hydroxylation sites is 1. The summed E-state index contributed by atoms with van der Waals surface area (Å²) in [5.41, 5.74) is 26.6. The van der Waals surface area contributed by atoms with Crippen molar-refractivity contribution in [2.45, 2.75) is 114 Å². The molecule has 8 aromatic rings. The first-order chi connectivity index (χ1) is 46.4. The predicted molar refractivity (Wildman–Crippen MR) is 366 cm³/mol. The summed E-state index contributed by atoms with van der Waals surface area (Å²) in [4.78, 5) is 144. The molecule has 27 nitrogen and oxygen atoms in total. The second-order valence-electron chi connectivity index (χ2n) is 24.5. The maximum absolute atomic E-state index is 14.7. The molecule has 97 heavy (non-hydrogen) atoms. The number of H-pyrrole nitrogens is 1. The molecule has 1 heterocycles. The van der Waals surface area contributed by atoms with Gasteiger partial charge in [0.2, 0.25) is 59.1 Å². The van der Waals surface area contributed by atoms with Gasteiger partial charge in [0.05, 0.1) is 25.6 Å². The lowest BCUT2D eigenvalue weighted by Crippen LogP contribution is -2.60. The molecule has 0 spiro atoms. The monoisotopic (exact) mass is 1330 g/mol. The fourth-order valence-corrected chi connectivity index (χ4v) is 11.8. The zero-order valence-electron chi connectivity index (χ0n) is 54.0. The van der Waals surface area contributed by atoms with Crippen LogP contribution in [0.5, 0.6) is 5.75 Å². The molecule has 0 saturated carbocycles. The molecule has 8 atom stereocenters. The number of nitrogens with two attached hydrogens (primary N) is 4. The number of benzene rings is 7. The van der Waals surface area contributed by atoms with Gasteiger partial charge in [-0.2, -0.15) is 0 Å². The number of amides is 10. The van der Waals surface area contributed by atoms with Gasteiger partial charge < -0.3 is 85.6 Å². The standard InChI is InChI=1S/C70H83N15O12/c1-38(2)29-55(69(97)85(3)57(17-10-28-76-70(74)75)68(96)80-51(62(73)90)33-45-35-77-50-16-8-7-15-47(45)50)79-59(89)36-78-64(92)52(31-39-11-5-4-6-12-39)82-67(95)56(37-86)84-66(94)54(34-58(72)88)83-65(93)53(81-63(91)49(71)30-40-18-25-46(87)26-19-40)32-44-23-22-43-21-20-41-13-9-14-42-24-27-48(44)61(43)60(41)42/h4-9,11-16,18-27,35,38,49,51-57,77,86-87H,10,17,28-34,36-37,71H2,1-3H3,(H2,72,88)(H2,73,90)(H,78,92)(H,79,89)(H,80,96)(H,81,91)(H,82,95)(H,83,93)(H,84,94)(H4,74,75,76)/t49-,51+,52+,53+,54+,55+,56+,57+/m1/s1. The maximum atomic E-state index is 14.7. The second kappa shape index (κ2) is 33.3. The number of fused-ring (bicyclic) bond motifs is 1. The van der Waals surface area contributed by atoms with E-state index in [1.54, 1.807) is 62.5 Å². The van der Waals surface area contributed by atoms with Gasteiger partial charge >= 0.3 is 0 Å². The van der Waals surface area contributed by atoms with Crippen molar-refractivity contribution >= 4 is 108 Å². The molecule has 0 aliphatic heterocycles. The van der Waals surface area contributed by atoms with Crippen LogP contribution < -0.4 is 65.5 Å². The number of nitrogens with zero attached hydrogens (tertiary/aromatic N) is 1. The van der Waals surface area contributed by atoms with Crippen molar-refractivity contribution in [2.75, 3.05) is 26.7 Å². The fourth-order valence-electron chi connectivity index (χ4n) is 11.8. The van der Waals surface area contributed by atoms with Crippen LogP contribution in [0.2, 0.25) is 0 Å². The van der Waals surface area contributed by atoms with Gasteiger partial charge in [-0.25, -0.2) is 0 Å². The number of aromatic hydroxyl groups is 1. The summed E-state index contributed by atoms with van der Waals surface area (Å²) >= 11 is 0. The molecule has 0 saturated heterocycles. The van der Waals surface area contributed by atoms with Gasteiger partial charge in [0.1, 0.15) is 48.0 Å². The number of hydrogen-bond donors (Lipinski definition) is 16. The van der Waals surface area contributed by atoms with Crippen molar-refractivity contribution in [1.82, 2.24) is 52.4 Å². The molecule has 1 aromatic heterocycles. The lowest BCUT2D eigenvalue weighted by molar-refractivity contribution is -0.143. The third-order valence-electron chi connectivity index (χ3n) is 16.8. The smallest absolute Gasteiger partial charge is 0.245 e. The minimum atomic E-state index is -1.84. The highest BCUT2D eigenvalue weighted by Gasteiger charge is 2.37. The van der Waals surface area contributed by atoms with E-state index in [-0.39, 0.29) is 69.1 Å². The van der Waals surface area contributed by atoms with Crippen LogP contribution in [0, 0.1) is 11.3 Å². The largest absolute Gasteiger partial charge is 0.508 e. The number of carbonyl (C=O) groups is 10. The molecule has 510 valence electrons. The molecule has 0 aliphatic rings. The van der Waals surface area contributed by atoms with Crippen LogP contribution in [0.15, 0.2) is 140 Å². The van der Waals surface area contributed by atoms with Crippen LogP contribution in [-0.2, 0) is 73.6 Å². The molecule has 0 unspecified atom stereocenters. The van der Waals surface area contributed by atoms with Crippen LogP contribution in [0.1, 0.15) is 61.8 Å². The number of rotatable bonds is 34. The number of aliphatic hydroxyl groups is 1. The number of nitrogens with one attached hydrogen (secondary N) is 10. The van der Waals surface area contributed by atoms with Gasteiger partial charge in [-0.1, -0.05) is 129 Å². The molecule has 27 heteroatoms. The maximum Gasteiger partial charge on any atom is 0.245 e. The highest BCUT2D eigenvalue weighted by atomic mass is 16.3. The SMILES string of the molecule is CC(C)C[C@H](NC(=O)CNC(=O)[C@H](Cc1ccccc1)NC(=O)[C@H](CO)NC(=O)[C@H](CC(N)=O)NC(=O)[C@H](Cc1ccc2ccc3cccc4ccc1c2c34)NC(=O)[C@H](N)Cc1ccc(O)cc1)C(=O)N(C)[C@@H](CCCNC(=N)N)C(=O)N[C@@H](Cc1c[nH]c2ccccc12)C(N)=O. The molecule has 0 bridgehead atoms. The predicted octanol–water partition coefficient (Wildman–Crippen LogP) is 0.883. The summed E-state index contributed by atoms with van der Waals surface area (Å²) in [6.45, 7) is 1.94. The lowest BCUT2D eigenvalue weighted by atomic mass is 9.90. The van der Waals surface area contributed by atoms with Crippen molar-refractivity contribution < 1.29 is 58.2 Å². The Kier molecular flexibility index (Phi) is 24.6. The first kappa shape index (κ1) is 71.7. The van der Waals surface area contributed by atoms with Crippen LogP contribution in [0.25, 0.3) is 43.2 Å². The summed E-state index contributed by atoms with van der Waals surface area (Å²) in [7, 11) is 1.37. The summed E-state index contributed by atoms with van der Waals surface area (Å²) in [6, 6.07) is 27.8. The number of likely N-dealkylation sites (N-methyl/N-ethyl adjacent to an activating group) is 1. The minimum Gasteiger partial charge on any atom is -0.508 e. The van der Waals surface area contributed by atoms with Crippen molar-refractivity contribution in [3.05, 3.63) is 162 Å². The normalized spacial score (nSPS) is 13.8. The van der Waals surface area contributed by atoms with Crippen LogP contribution >= 0.6 is 0 Å². The Labute approximate surface area is 558 Å². The number of phenolic OH excluding ortho intramolecular Hbond substituents is 1. The minimum absolute atomic E-state index is 0.000124. The fraction of sp³-hybridized carbons (Fsp3) is 0.329. The average Bonchev–Trinajstić information content (AvgIpc) is 1.19. The second-order valence-corrected chi connectivity index (χ2v) is 24.5. The van der Waals surface area contributed by atoms with Crippen LogP contribution in [0.4, 0.5) is 0 Å². The van der Waals surface area contributed by atoms with E-state index in [0.717, 1.165) is 48.1 Å². The number of carbonyl (C=O) groups excluding carboxylic acids is 10. The third kappa shape index (κ3) is 19.3. The van der Waals surface area contributed by atoms with Gasteiger partial charge in [0, 0.05) is 50.0 Å². The van der Waals surface area contributed by atoms with Crippen molar-refractivity contribution in [3.63, 3.8) is 0 Å². The Morgan fingerprint density at radius 2 is 1.12 bits per heavy atom. The summed E-state index contributed by atoms with van der Waals surface area (Å²) in [6.07, 6.45) is 0.883. The van der Waals surface area contributed by atoms with Crippen LogP contribution in [-0.4, -0.2) is 160 Å². The third-order valence-corrected chi connectivity index (χ3v) is 16.8. The zero-order valence-corrected chi connectivity index (χ0v) is 54.0. The summed E-state index contributed by atoms with van der Waals surface area (Å²) < 4.78 is 0. The Hall–Kier alpha value is -11.2. The van der Waals surface area contributed by atoms with Gasteiger partial charge in [-0.3, -0.25) is 53.4 Å². The number of aromatic nitrogens is 1. The Morgan fingerprint density at radius 1 is 0.546 bits per heavy atom. The first-order valence-corrected chi connectivity index (χ1v) is 31.8. The molecular formula is C70H83N15O12. The molecule has 0 aliphatic carbocycles. The number of aromatic amines is 1. The first-order valence-electron chi connectivity index (χ1n) is 31.8. The van der Waals surface area contributed by atoms with Gasteiger partial charge in [-0.05, 0) is 104 Å². The number of guanidine groups is 1. The molecule has 10 amide bonds. The zero-order chi connectivity index (χ0) is 70.0. The summed E-state index contributed by atoms with van der Waals surface area (Å²) in [5, 5.41) is 55.1. The lowest BCUT2D eigenvalue weighted by Gasteiger charge is -2.32.